The number of pyridine rings is 1. The van der Waals surface area contributed by atoms with Crippen molar-refractivity contribution in [2.24, 2.45) is 0 Å². The number of ether oxygens (including phenoxy) is 1. The van der Waals surface area contributed by atoms with Crippen LogP contribution in [0.5, 0.6) is 5.88 Å². The predicted octanol–water partition coefficient (Wildman–Crippen LogP) is 5.40. The second-order valence-corrected chi connectivity index (χ2v) is 12.0. The summed E-state index contributed by atoms with van der Waals surface area (Å²) in [6.45, 7) is 9.32. The molecule has 0 spiro atoms. The normalized spacial score (nSPS) is 19.6. The molecule has 2 aliphatic heterocycles. The molecule has 5 rings (SSSR count). The maximum Gasteiger partial charge on any atom is 0.496 e. The Morgan fingerprint density at radius 3 is 2.30 bits per heavy atom. The molecule has 10 heteroatoms. The van der Waals surface area contributed by atoms with Crippen molar-refractivity contribution in [1.82, 2.24) is 15.6 Å². The smallest absolute Gasteiger partial charge is 0.481 e. The molecule has 1 atom stereocenters. The molecule has 1 amide bonds. The molecule has 0 aliphatic carbocycles. The second-order valence-electron chi connectivity index (χ2n) is 11.3. The SMILES string of the molecule is COc1nc(-c2cccc(-c3cccc(B4OC(C)(C)C(C)(C)O4)c3Cl)c2Cl)ccc1CNCC1CCC(=O)N1. The van der Waals surface area contributed by atoms with Crippen LogP contribution in [-0.2, 0) is 20.6 Å². The van der Waals surface area contributed by atoms with Gasteiger partial charge in [-0.05, 0) is 40.2 Å². The third-order valence-corrected chi connectivity index (χ3v) is 8.85. The number of carbonyl (C=O) groups is 1. The quantitative estimate of drug-likeness (QED) is 0.347. The van der Waals surface area contributed by atoms with E-state index in [2.05, 4.69) is 10.6 Å². The van der Waals surface area contributed by atoms with Gasteiger partial charge in [-0.2, -0.15) is 0 Å². The fraction of sp³-hybridized carbons (Fsp3) is 0.400. The molecule has 1 aromatic heterocycles. The number of methoxy groups -OCH3 is 1. The summed E-state index contributed by atoms with van der Waals surface area (Å²) in [5, 5.41) is 7.43. The van der Waals surface area contributed by atoms with E-state index in [1.54, 1.807) is 7.11 Å². The third-order valence-electron chi connectivity index (χ3n) is 8.02. The molecule has 7 nitrogen and oxygen atoms in total. The van der Waals surface area contributed by atoms with Crippen molar-refractivity contribution in [3.63, 3.8) is 0 Å². The Labute approximate surface area is 246 Å². The first-order valence-electron chi connectivity index (χ1n) is 13.5. The highest BCUT2D eigenvalue weighted by Gasteiger charge is 2.52. The number of benzene rings is 2. The lowest BCUT2D eigenvalue weighted by Gasteiger charge is -2.32. The number of hydrogen-bond donors (Lipinski definition) is 2. The zero-order valence-electron chi connectivity index (χ0n) is 23.4. The monoisotopic (exact) mass is 581 g/mol. The summed E-state index contributed by atoms with van der Waals surface area (Å²) in [7, 11) is 1.02. The highest BCUT2D eigenvalue weighted by atomic mass is 35.5. The topological polar surface area (TPSA) is 81.7 Å². The molecule has 40 heavy (non-hydrogen) atoms. The van der Waals surface area contributed by atoms with E-state index in [-0.39, 0.29) is 11.9 Å². The molecule has 2 saturated heterocycles. The van der Waals surface area contributed by atoms with Gasteiger partial charge in [-0.1, -0.05) is 65.7 Å². The van der Waals surface area contributed by atoms with E-state index >= 15 is 0 Å². The van der Waals surface area contributed by atoms with Crippen molar-refractivity contribution in [2.45, 2.75) is 64.3 Å². The van der Waals surface area contributed by atoms with Crippen LogP contribution in [0.25, 0.3) is 22.4 Å². The van der Waals surface area contributed by atoms with Crippen LogP contribution in [0.3, 0.4) is 0 Å². The van der Waals surface area contributed by atoms with Crippen molar-refractivity contribution in [3.05, 3.63) is 64.1 Å². The Balaban J connectivity index is 1.40. The van der Waals surface area contributed by atoms with Crippen LogP contribution in [0.4, 0.5) is 0 Å². The first-order chi connectivity index (χ1) is 19.0. The minimum atomic E-state index is -0.587. The van der Waals surface area contributed by atoms with Gasteiger partial charge in [0.05, 0.1) is 29.0 Å². The summed E-state index contributed by atoms with van der Waals surface area (Å²) >= 11 is 14.0. The van der Waals surface area contributed by atoms with Crippen LogP contribution in [-0.4, -0.2) is 48.9 Å². The summed E-state index contributed by atoms with van der Waals surface area (Å²) in [5.41, 5.74) is 3.74. The maximum atomic E-state index is 11.4. The number of amides is 1. The molecule has 3 heterocycles. The second kappa shape index (κ2) is 11.3. The molecule has 0 saturated carbocycles. The molecular formula is C30H34BCl2N3O4. The van der Waals surface area contributed by atoms with Crippen molar-refractivity contribution in [1.29, 1.82) is 0 Å². The summed E-state index contributed by atoms with van der Waals surface area (Å²) in [5.74, 6) is 0.623. The van der Waals surface area contributed by atoms with Crippen LogP contribution in [0, 0.1) is 0 Å². The van der Waals surface area contributed by atoms with Crippen LogP contribution in [0.15, 0.2) is 48.5 Å². The molecular weight excluding hydrogens is 548 g/mol. The van der Waals surface area contributed by atoms with Gasteiger partial charge in [0.15, 0.2) is 0 Å². The van der Waals surface area contributed by atoms with Crippen LogP contribution in [0.2, 0.25) is 10.0 Å². The zero-order chi connectivity index (χ0) is 28.7. The van der Waals surface area contributed by atoms with E-state index in [0.29, 0.717) is 41.1 Å². The molecule has 1 unspecified atom stereocenters. The van der Waals surface area contributed by atoms with E-state index in [0.717, 1.165) is 34.1 Å². The Bertz CT molecular complexity index is 1420. The van der Waals surface area contributed by atoms with E-state index in [1.165, 1.54) is 0 Å². The average Bonchev–Trinajstić information content (AvgIpc) is 3.42. The Hall–Kier alpha value is -2.62. The summed E-state index contributed by atoms with van der Waals surface area (Å²) in [4.78, 5) is 16.2. The van der Waals surface area contributed by atoms with Gasteiger partial charge in [0.25, 0.3) is 0 Å². The molecule has 0 radical (unpaired) electrons. The minimum Gasteiger partial charge on any atom is -0.481 e. The lowest BCUT2D eigenvalue weighted by molar-refractivity contribution is -0.119. The van der Waals surface area contributed by atoms with Crippen molar-refractivity contribution in [2.75, 3.05) is 13.7 Å². The van der Waals surface area contributed by atoms with Crippen molar-refractivity contribution in [3.8, 4) is 28.3 Å². The molecule has 3 aromatic rings. The van der Waals surface area contributed by atoms with Gasteiger partial charge in [0, 0.05) is 58.3 Å². The fourth-order valence-corrected chi connectivity index (χ4v) is 5.63. The lowest BCUT2D eigenvalue weighted by Crippen LogP contribution is -2.41. The van der Waals surface area contributed by atoms with Crippen molar-refractivity contribution < 1.29 is 18.8 Å². The van der Waals surface area contributed by atoms with Gasteiger partial charge in [0.1, 0.15) is 0 Å². The van der Waals surface area contributed by atoms with E-state index in [9.17, 15) is 4.79 Å². The molecule has 2 aromatic carbocycles. The lowest BCUT2D eigenvalue weighted by atomic mass is 9.77. The molecule has 2 fully saturated rings. The van der Waals surface area contributed by atoms with Gasteiger partial charge in [-0.15, -0.1) is 0 Å². The zero-order valence-corrected chi connectivity index (χ0v) is 24.9. The summed E-state index contributed by atoms with van der Waals surface area (Å²) in [6, 6.07) is 15.7. The summed E-state index contributed by atoms with van der Waals surface area (Å²) < 4.78 is 18.1. The van der Waals surface area contributed by atoms with Gasteiger partial charge < -0.3 is 24.7 Å². The van der Waals surface area contributed by atoms with Gasteiger partial charge in [-0.3, -0.25) is 4.79 Å². The van der Waals surface area contributed by atoms with Gasteiger partial charge in [-0.25, -0.2) is 4.98 Å². The number of halogens is 2. The van der Waals surface area contributed by atoms with E-state index in [1.807, 2.05) is 76.2 Å². The number of aromatic nitrogens is 1. The van der Waals surface area contributed by atoms with Crippen LogP contribution in [0.1, 0.15) is 46.1 Å². The summed E-state index contributed by atoms with van der Waals surface area (Å²) in [6.07, 6.45) is 1.43. The molecule has 2 aliphatic rings. The molecule has 0 bridgehead atoms. The first kappa shape index (κ1) is 28.9. The number of rotatable bonds is 8. The van der Waals surface area contributed by atoms with E-state index in [4.69, 9.17) is 42.2 Å². The Morgan fingerprint density at radius 1 is 1.00 bits per heavy atom. The standard InChI is InChI=1S/C30H34BCl2N3O4/c1-29(2)30(3,4)40-31(39-29)23-11-7-9-21(27(23)33)20-8-6-10-22(26(20)32)24-14-12-18(28(36-24)38-5)16-34-17-19-13-15-25(37)35-19/h6-12,14,19,34H,13,15-17H2,1-5H3,(H,35,37). The van der Waals surface area contributed by atoms with Gasteiger partial charge in [0.2, 0.25) is 11.8 Å². The van der Waals surface area contributed by atoms with Crippen LogP contribution >= 0.6 is 23.2 Å². The van der Waals surface area contributed by atoms with Gasteiger partial charge >= 0.3 is 7.12 Å². The predicted molar refractivity (Wildman–Crippen MR) is 160 cm³/mol. The van der Waals surface area contributed by atoms with Crippen LogP contribution < -0.4 is 20.8 Å². The highest BCUT2D eigenvalue weighted by molar-refractivity contribution is 6.66. The Morgan fingerprint density at radius 2 is 1.65 bits per heavy atom. The number of nitrogens with one attached hydrogen (secondary N) is 2. The number of hydrogen-bond acceptors (Lipinski definition) is 6. The Kier molecular flexibility index (Phi) is 8.19. The first-order valence-corrected chi connectivity index (χ1v) is 14.2. The number of nitrogens with zero attached hydrogens (tertiary/aromatic N) is 1. The number of carbonyl (C=O) groups excluding carboxylic acids is 1. The third kappa shape index (κ3) is 5.61. The maximum absolute atomic E-state index is 11.4. The highest BCUT2D eigenvalue weighted by Crippen LogP contribution is 2.41. The fourth-order valence-electron chi connectivity index (χ4n) is 4.99. The minimum absolute atomic E-state index is 0.107. The average molecular weight is 582 g/mol. The molecule has 210 valence electrons. The van der Waals surface area contributed by atoms with Crippen molar-refractivity contribution >= 4 is 41.7 Å². The molecule has 2 N–H and O–H groups in total. The van der Waals surface area contributed by atoms with E-state index < -0.39 is 18.3 Å². The largest absolute Gasteiger partial charge is 0.496 e.